The zero-order valence-corrected chi connectivity index (χ0v) is 8.88. The van der Waals surface area contributed by atoms with Gasteiger partial charge in [0, 0.05) is 6.20 Å². The minimum atomic E-state index is 0.342. The van der Waals surface area contributed by atoms with Crippen molar-refractivity contribution in [2.24, 2.45) is 5.73 Å². The van der Waals surface area contributed by atoms with Gasteiger partial charge in [0.2, 0.25) is 5.82 Å². The zero-order chi connectivity index (χ0) is 11.7. The van der Waals surface area contributed by atoms with Crippen LogP contribution in [0.2, 0.25) is 0 Å². The molecule has 0 atom stereocenters. The van der Waals surface area contributed by atoms with Crippen molar-refractivity contribution >= 4 is 0 Å². The van der Waals surface area contributed by atoms with Crippen LogP contribution in [0.5, 0.6) is 0 Å². The Bertz CT molecular complexity index is 609. The lowest BCUT2D eigenvalue weighted by Crippen LogP contribution is -1.92. The first-order valence-corrected chi connectivity index (χ1v) is 5.13. The Balaban J connectivity index is 1.94. The first-order chi connectivity index (χ1) is 8.36. The maximum atomic E-state index is 5.46. The maximum Gasteiger partial charge on any atom is 0.293 e. The first kappa shape index (κ1) is 9.86. The molecule has 17 heavy (non-hydrogen) atoms. The van der Waals surface area contributed by atoms with Crippen LogP contribution in [-0.4, -0.2) is 15.1 Å². The molecule has 0 unspecified atom stereocenters. The number of nitrogens with two attached hydrogens (primary N) is 1. The number of hydrogen-bond acceptors (Lipinski definition) is 5. The Labute approximate surface area is 96.4 Å². The van der Waals surface area contributed by atoms with Gasteiger partial charge >= 0.3 is 0 Å². The summed E-state index contributed by atoms with van der Waals surface area (Å²) in [5.41, 5.74) is 6.26. The Morgan fingerprint density at radius 2 is 2.24 bits per heavy atom. The van der Waals surface area contributed by atoms with E-state index in [0.29, 0.717) is 29.8 Å². The van der Waals surface area contributed by atoms with Crippen molar-refractivity contribution in [3.63, 3.8) is 0 Å². The summed E-state index contributed by atoms with van der Waals surface area (Å²) in [5.74, 6) is 2.04. The molecule has 0 radical (unpaired) electrons. The maximum absolute atomic E-state index is 5.46. The second kappa shape index (κ2) is 3.91. The number of aromatic amines is 1. The third-order valence-corrected chi connectivity index (χ3v) is 2.34. The molecule has 0 saturated carbocycles. The van der Waals surface area contributed by atoms with E-state index < -0.39 is 0 Å². The molecule has 0 aromatic carbocycles. The molecule has 0 bridgehead atoms. The lowest BCUT2D eigenvalue weighted by Gasteiger charge is -1.87. The van der Waals surface area contributed by atoms with Crippen LogP contribution >= 0.6 is 0 Å². The van der Waals surface area contributed by atoms with Crippen molar-refractivity contribution in [2.75, 3.05) is 0 Å². The van der Waals surface area contributed by atoms with E-state index in [9.17, 15) is 0 Å². The van der Waals surface area contributed by atoms with Crippen LogP contribution in [0.15, 0.2) is 39.4 Å². The molecule has 3 aromatic heterocycles. The van der Waals surface area contributed by atoms with E-state index in [1.807, 2.05) is 12.1 Å². The first-order valence-electron chi connectivity index (χ1n) is 5.13. The van der Waals surface area contributed by atoms with Gasteiger partial charge in [0.15, 0.2) is 5.76 Å². The van der Waals surface area contributed by atoms with Gasteiger partial charge in [-0.25, -0.2) is 0 Å². The topological polar surface area (TPSA) is 93.9 Å². The molecule has 3 N–H and O–H groups in total. The highest BCUT2D eigenvalue weighted by molar-refractivity contribution is 5.53. The van der Waals surface area contributed by atoms with Crippen LogP contribution < -0.4 is 5.73 Å². The second-order valence-corrected chi connectivity index (χ2v) is 3.48. The van der Waals surface area contributed by atoms with E-state index in [4.69, 9.17) is 14.7 Å². The summed E-state index contributed by atoms with van der Waals surface area (Å²) in [7, 11) is 0. The average molecular weight is 230 g/mol. The van der Waals surface area contributed by atoms with Crippen molar-refractivity contribution < 1.29 is 8.94 Å². The van der Waals surface area contributed by atoms with Gasteiger partial charge in [-0.15, -0.1) is 0 Å². The molecule has 3 rings (SSSR count). The normalized spacial score (nSPS) is 10.9. The number of rotatable bonds is 3. The van der Waals surface area contributed by atoms with Crippen molar-refractivity contribution in [1.82, 2.24) is 15.1 Å². The Morgan fingerprint density at radius 1 is 1.29 bits per heavy atom. The number of furan rings is 1. The number of H-pyrrole nitrogens is 1. The van der Waals surface area contributed by atoms with Crippen molar-refractivity contribution in [2.45, 2.75) is 6.54 Å². The van der Waals surface area contributed by atoms with Gasteiger partial charge in [-0.2, -0.15) is 4.98 Å². The Morgan fingerprint density at radius 3 is 2.94 bits per heavy atom. The summed E-state index contributed by atoms with van der Waals surface area (Å²) in [5, 5.41) is 3.86. The van der Waals surface area contributed by atoms with Crippen LogP contribution in [0.3, 0.4) is 0 Å². The van der Waals surface area contributed by atoms with E-state index >= 15 is 0 Å². The molecule has 6 heteroatoms. The molecule has 0 saturated heterocycles. The minimum absolute atomic E-state index is 0.342. The molecule has 0 aliphatic rings. The summed E-state index contributed by atoms with van der Waals surface area (Å²) in [6.07, 6.45) is 1.80. The molecule has 3 aromatic rings. The largest absolute Gasteiger partial charge is 0.455 e. The fourth-order valence-electron chi connectivity index (χ4n) is 1.50. The smallest absolute Gasteiger partial charge is 0.293 e. The van der Waals surface area contributed by atoms with Crippen LogP contribution in [-0.2, 0) is 6.54 Å². The number of nitrogens with one attached hydrogen (secondary N) is 1. The standard InChI is InChI=1S/C11H10N4O2/c12-6-7-3-4-9(16-7)11-14-10(15-17-11)8-2-1-5-13-8/h1-5,13H,6,12H2. The average Bonchev–Trinajstić information content (AvgIpc) is 3.09. The molecule has 0 aliphatic heterocycles. The van der Waals surface area contributed by atoms with E-state index in [2.05, 4.69) is 15.1 Å². The Hall–Kier alpha value is -2.34. The highest BCUT2D eigenvalue weighted by Crippen LogP contribution is 2.22. The van der Waals surface area contributed by atoms with Crippen LogP contribution in [0, 0.1) is 0 Å². The number of aromatic nitrogens is 3. The SMILES string of the molecule is NCc1ccc(-c2nc(-c3ccc[nH]3)no2)o1. The van der Waals surface area contributed by atoms with Gasteiger partial charge in [-0.05, 0) is 24.3 Å². The monoisotopic (exact) mass is 230 g/mol. The number of hydrogen-bond donors (Lipinski definition) is 2. The summed E-state index contributed by atoms with van der Waals surface area (Å²) in [4.78, 5) is 7.23. The van der Waals surface area contributed by atoms with Crippen molar-refractivity contribution in [1.29, 1.82) is 0 Å². The summed E-state index contributed by atoms with van der Waals surface area (Å²) >= 11 is 0. The predicted octanol–water partition coefficient (Wildman–Crippen LogP) is 1.78. The Kier molecular flexibility index (Phi) is 2.27. The molecule has 86 valence electrons. The summed E-state index contributed by atoms with van der Waals surface area (Å²) in [6.45, 7) is 0.345. The van der Waals surface area contributed by atoms with Gasteiger partial charge in [0.25, 0.3) is 5.89 Å². The van der Waals surface area contributed by atoms with Gasteiger partial charge in [0.05, 0.1) is 12.2 Å². The fraction of sp³-hybridized carbons (Fsp3) is 0.0909. The molecular weight excluding hydrogens is 220 g/mol. The third-order valence-electron chi connectivity index (χ3n) is 2.34. The lowest BCUT2D eigenvalue weighted by atomic mass is 10.4. The van der Waals surface area contributed by atoms with Crippen LogP contribution in [0.4, 0.5) is 0 Å². The minimum Gasteiger partial charge on any atom is -0.455 e. The van der Waals surface area contributed by atoms with Crippen molar-refractivity contribution in [3.8, 4) is 23.2 Å². The third kappa shape index (κ3) is 1.74. The molecule has 0 amide bonds. The van der Waals surface area contributed by atoms with Crippen molar-refractivity contribution in [3.05, 3.63) is 36.2 Å². The predicted molar refractivity (Wildman–Crippen MR) is 59.7 cm³/mol. The number of nitrogens with zero attached hydrogens (tertiary/aromatic N) is 2. The van der Waals surface area contributed by atoms with Gasteiger partial charge in [0.1, 0.15) is 5.76 Å². The van der Waals surface area contributed by atoms with E-state index in [0.717, 1.165) is 5.69 Å². The fourth-order valence-corrected chi connectivity index (χ4v) is 1.50. The molecule has 6 nitrogen and oxygen atoms in total. The summed E-state index contributed by atoms with van der Waals surface area (Å²) in [6, 6.07) is 7.27. The van der Waals surface area contributed by atoms with Gasteiger partial charge in [-0.3, -0.25) is 0 Å². The van der Waals surface area contributed by atoms with E-state index in [1.54, 1.807) is 18.3 Å². The van der Waals surface area contributed by atoms with Crippen LogP contribution in [0.25, 0.3) is 23.2 Å². The quantitative estimate of drug-likeness (QED) is 0.715. The van der Waals surface area contributed by atoms with E-state index in [1.165, 1.54) is 0 Å². The summed E-state index contributed by atoms with van der Waals surface area (Å²) < 4.78 is 10.5. The molecule has 0 fully saturated rings. The highest BCUT2D eigenvalue weighted by atomic mass is 16.5. The van der Waals surface area contributed by atoms with E-state index in [-0.39, 0.29) is 0 Å². The van der Waals surface area contributed by atoms with Crippen LogP contribution in [0.1, 0.15) is 5.76 Å². The molecular formula is C11H10N4O2. The lowest BCUT2D eigenvalue weighted by molar-refractivity contribution is 0.412. The van der Waals surface area contributed by atoms with Gasteiger partial charge in [-0.1, -0.05) is 5.16 Å². The molecule has 0 aliphatic carbocycles. The van der Waals surface area contributed by atoms with Gasteiger partial charge < -0.3 is 19.7 Å². The molecule has 0 spiro atoms. The zero-order valence-electron chi connectivity index (χ0n) is 8.88. The molecule has 3 heterocycles. The second-order valence-electron chi connectivity index (χ2n) is 3.48. The highest BCUT2D eigenvalue weighted by Gasteiger charge is 2.13.